The van der Waals surface area contributed by atoms with Gasteiger partial charge in [-0.1, -0.05) is 30.3 Å². The third-order valence-electron chi connectivity index (χ3n) is 4.84. The van der Waals surface area contributed by atoms with E-state index in [9.17, 15) is 9.59 Å². The molecule has 3 N–H and O–H groups in total. The van der Waals surface area contributed by atoms with Crippen LogP contribution in [-0.2, 0) is 0 Å². The highest BCUT2D eigenvalue weighted by atomic mass is 16.2. The van der Waals surface area contributed by atoms with Crippen LogP contribution in [0.5, 0.6) is 0 Å². The number of aromatic nitrogens is 5. The van der Waals surface area contributed by atoms with Gasteiger partial charge in [-0.3, -0.25) is 19.7 Å². The van der Waals surface area contributed by atoms with Crippen molar-refractivity contribution < 1.29 is 9.59 Å². The second kappa shape index (κ2) is 7.25. The van der Waals surface area contributed by atoms with Crippen molar-refractivity contribution in [2.24, 2.45) is 0 Å². The van der Waals surface area contributed by atoms with Gasteiger partial charge in [-0.15, -0.1) is 0 Å². The van der Waals surface area contributed by atoms with Crippen LogP contribution in [0.1, 0.15) is 21.0 Å². The second-order valence-corrected chi connectivity index (χ2v) is 6.78. The molecule has 0 aliphatic carbocycles. The van der Waals surface area contributed by atoms with E-state index in [0.29, 0.717) is 16.6 Å². The van der Waals surface area contributed by atoms with E-state index < -0.39 is 5.91 Å². The van der Waals surface area contributed by atoms with Gasteiger partial charge in [0, 0.05) is 28.9 Å². The van der Waals surface area contributed by atoms with Crippen molar-refractivity contribution in [2.75, 3.05) is 6.54 Å². The molecule has 0 atom stereocenters. The van der Waals surface area contributed by atoms with Crippen LogP contribution in [0.4, 0.5) is 0 Å². The van der Waals surface area contributed by atoms with Crippen molar-refractivity contribution in [3.63, 3.8) is 0 Å². The minimum atomic E-state index is -0.438. The number of carbonyl (C=O) groups is 2. The van der Waals surface area contributed by atoms with Gasteiger partial charge in [0.1, 0.15) is 5.69 Å². The second-order valence-electron chi connectivity index (χ2n) is 6.78. The van der Waals surface area contributed by atoms with Crippen molar-refractivity contribution in [3.05, 3.63) is 78.4 Å². The van der Waals surface area contributed by atoms with Gasteiger partial charge in [0.15, 0.2) is 11.6 Å². The number of nitrogens with one attached hydrogen (secondary N) is 3. The van der Waals surface area contributed by atoms with Crippen LogP contribution in [0.15, 0.2) is 67.0 Å². The molecular weight excluding hydrogens is 380 g/mol. The lowest BCUT2D eigenvalue weighted by Gasteiger charge is -2.02. The summed E-state index contributed by atoms with van der Waals surface area (Å²) in [7, 11) is 0. The third-order valence-corrected chi connectivity index (χ3v) is 4.84. The predicted octanol–water partition coefficient (Wildman–Crippen LogP) is 3.11. The molecule has 30 heavy (non-hydrogen) atoms. The van der Waals surface area contributed by atoms with Gasteiger partial charge in [0.05, 0.1) is 23.1 Å². The third kappa shape index (κ3) is 3.20. The molecular formula is C22H16N6O2. The Balaban J connectivity index is 1.40. The van der Waals surface area contributed by atoms with Crippen LogP contribution in [-0.4, -0.2) is 43.4 Å². The van der Waals surface area contributed by atoms with Gasteiger partial charge in [-0.25, -0.2) is 4.98 Å². The number of fused-ring (bicyclic) bond motifs is 2. The standard InChI is InChI=1S/C22H16N6O2/c29-19(13-4-2-1-3-5-13)12-24-22(30)21-25-17-10-15-16(11-18(17)26-21)27-28-20(15)14-6-8-23-9-7-14/h1-11H,12H2,(H,24,30)(H,25,26)(H,27,28). The fraction of sp³-hybridized carbons (Fsp3) is 0.0455. The number of pyridine rings is 1. The first-order valence-corrected chi connectivity index (χ1v) is 9.34. The van der Waals surface area contributed by atoms with Crippen LogP contribution >= 0.6 is 0 Å². The lowest BCUT2D eigenvalue weighted by atomic mass is 10.1. The molecule has 5 aromatic rings. The number of H-pyrrole nitrogens is 2. The number of carbonyl (C=O) groups excluding carboxylic acids is 2. The summed E-state index contributed by atoms with van der Waals surface area (Å²) in [6, 6.07) is 16.3. The van der Waals surface area contributed by atoms with Crippen LogP contribution < -0.4 is 5.32 Å². The zero-order valence-electron chi connectivity index (χ0n) is 15.7. The SMILES string of the molecule is O=C(CNC(=O)c1nc2cc3c(-c4ccncc4)n[nH]c3cc2[nH]1)c1ccccc1. The van der Waals surface area contributed by atoms with Crippen molar-refractivity contribution in [1.82, 2.24) is 30.5 Å². The molecule has 3 heterocycles. The molecule has 0 unspecified atom stereocenters. The maximum Gasteiger partial charge on any atom is 0.287 e. The van der Waals surface area contributed by atoms with E-state index in [0.717, 1.165) is 22.2 Å². The number of nitrogens with zero attached hydrogens (tertiary/aromatic N) is 3. The van der Waals surface area contributed by atoms with E-state index >= 15 is 0 Å². The molecule has 146 valence electrons. The van der Waals surface area contributed by atoms with E-state index in [1.807, 2.05) is 30.3 Å². The lowest BCUT2D eigenvalue weighted by Crippen LogP contribution is -2.30. The van der Waals surface area contributed by atoms with Gasteiger partial charge < -0.3 is 10.3 Å². The summed E-state index contributed by atoms with van der Waals surface area (Å²) in [5.41, 5.74) is 4.43. The Morgan fingerprint density at radius 3 is 2.57 bits per heavy atom. The minimum absolute atomic E-state index is 0.100. The van der Waals surface area contributed by atoms with Crippen molar-refractivity contribution in [1.29, 1.82) is 0 Å². The summed E-state index contributed by atoms with van der Waals surface area (Å²) in [4.78, 5) is 36.1. The van der Waals surface area contributed by atoms with Gasteiger partial charge in [-0.05, 0) is 24.3 Å². The van der Waals surface area contributed by atoms with Crippen molar-refractivity contribution in [3.8, 4) is 11.3 Å². The number of ketones is 1. The Morgan fingerprint density at radius 2 is 1.77 bits per heavy atom. The van der Waals surface area contributed by atoms with Gasteiger partial charge in [-0.2, -0.15) is 5.10 Å². The molecule has 0 aliphatic rings. The molecule has 0 spiro atoms. The Bertz CT molecular complexity index is 1370. The molecule has 0 saturated carbocycles. The van der Waals surface area contributed by atoms with Gasteiger partial charge in [0.25, 0.3) is 5.91 Å². The molecule has 8 nitrogen and oxygen atoms in total. The summed E-state index contributed by atoms with van der Waals surface area (Å²) < 4.78 is 0. The van der Waals surface area contributed by atoms with Crippen LogP contribution in [0.2, 0.25) is 0 Å². The van der Waals surface area contributed by atoms with E-state index in [4.69, 9.17) is 0 Å². The average molecular weight is 396 g/mol. The van der Waals surface area contributed by atoms with Crippen LogP contribution in [0.3, 0.4) is 0 Å². The highest BCUT2D eigenvalue weighted by molar-refractivity contribution is 6.04. The zero-order chi connectivity index (χ0) is 20.5. The van der Waals surface area contributed by atoms with E-state index in [-0.39, 0.29) is 18.2 Å². The molecule has 0 bridgehead atoms. The maximum atomic E-state index is 12.5. The normalized spacial score (nSPS) is 11.1. The Morgan fingerprint density at radius 1 is 0.967 bits per heavy atom. The summed E-state index contributed by atoms with van der Waals surface area (Å²) in [5.74, 6) is -0.454. The number of rotatable bonds is 5. The van der Waals surface area contributed by atoms with Crippen molar-refractivity contribution in [2.45, 2.75) is 0 Å². The Labute approximate surface area is 170 Å². The summed E-state index contributed by atoms with van der Waals surface area (Å²) >= 11 is 0. The van der Waals surface area contributed by atoms with Crippen molar-refractivity contribution >= 4 is 33.6 Å². The number of aromatic amines is 2. The quantitative estimate of drug-likeness (QED) is 0.395. The summed E-state index contributed by atoms with van der Waals surface area (Å²) in [5, 5.41) is 10.9. The Kier molecular flexibility index (Phi) is 4.29. The number of amides is 1. The fourth-order valence-corrected chi connectivity index (χ4v) is 3.33. The topological polar surface area (TPSA) is 116 Å². The number of benzene rings is 2. The summed E-state index contributed by atoms with van der Waals surface area (Å²) in [6.45, 7) is -0.100. The minimum Gasteiger partial charge on any atom is -0.342 e. The molecule has 5 rings (SSSR count). The largest absolute Gasteiger partial charge is 0.342 e. The highest BCUT2D eigenvalue weighted by Gasteiger charge is 2.16. The lowest BCUT2D eigenvalue weighted by molar-refractivity contribution is 0.0898. The molecule has 2 aromatic carbocycles. The zero-order valence-corrected chi connectivity index (χ0v) is 15.7. The number of imidazole rings is 1. The highest BCUT2D eigenvalue weighted by Crippen LogP contribution is 2.28. The Hall–Kier alpha value is -4.33. The van der Waals surface area contributed by atoms with Gasteiger partial charge >= 0.3 is 0 Å². The fourth-order valence-electron chi connectivity index (χ4n) is 3.33. The van der Waals surface area contributed by atoms with E-state index in [2.05, 4.69) is 30.5 Å². The number of hydrogen-bond donors (Lipinski definition) is 3. The molecule has 0 radical (unpaired) electrons. The average Bonchev–Trinajstić information content (AvgIpc) is 3.40. The first-order valence-electron chi connectivity index (χ1n) is 9.34. The molecule has 1 amide bonds. The molecule has 8 heteroatoms. The molecule has 0 aliphatic heterocycles. The first kappa shape index (κ1) is 17.7. The molecule has 0 saturated heterocycles. The van der Waals surface area contributed by atoms with Crippen LogP contribution in [0.25, 0.3) is 33.2 Å². The van der Waals surface area contributed by atoms with Gasteiger partial charge in [0.2, 0.25) is 0 Å². The van der Waals surface area contributed by atoms with Crippen LogP contribution in [0, 0.1) is 0 Å². The monoisotopic (exact) mass is 396 g/mol. The van der Waals surface area contributed by atoms with E-state index in [1.165, 1.54) is 0 Å². The number of hydrogen-bond acceptors (Lipinski definition) is 5. The predicted molar refractivity (Wildman–Crippen MR) is 112 cm³/mol. The first-order chi connectivity index (χ1) is 14.7. The maximum absolute atomic E-state index is 12.5. The molecule has 3 aromatic heterocycles. The van der Waals surface area contributed by atoms with E-state index in [1.54, 1.807) is 36.7 Å². The summed E-state index contributed by atoms with van der Waals surface area (Å²) in [6.07, 6.45) is 3.42. The molecule has 0 fully saturated rings. The number of Topliss-reactive ketones (excluding diaryl/α,β-unsaturated/α-hetero) is 1. The smallest absolute Gasteiger partial charge is 0.287 e.